The van der Waals surface area contributed by atoms with Gasteiger partial charge in [-0.15, -0.1) is 0 Å². The van der Waals surface area contributed by atoms with Crippen molar-refractivity contribution in [3.8, 4) is 45.7 Å². The maximum Gasteiger partial charge on any atom is 0.311 e. The van der Waals surface area contributed by atoms with Crippen LogP contribution in [0.2, 0.25) is 0 Å². The second kappa shape index (κ2) is 11.2. The maximum absolute atomic E-state index is 12.1. The van der Waals surface area contributed by atoms with Gasteiger partial charge >= 0.3 is 11.9 Å². The van der Waals surface area contributed by atoms with E-state index in [4.69, 9.17) is 19.7 Å². The fourth-order valence-electron chi connectivity index (χ4n) is 4.12. The van der Waals surface area contributed by atoms with E-state index in [1.165, 1.54) is 13.2 Å². The van der Waals surface area contributed by atoms with Crippen LogP contribution in [0.1, 0.15) is 35.1 Å². The number of carbonyl (C=O) groups excluding carboxylic acids is 2. The van der Waals surface area contributed by atoms with Crippen LogP contribution in [0.15, 0.2) is 54.6 Å². The molecule has 0 amide bonds. The fraction of sp³-hybridized carbons (Fsp3) is 0.233. The number of esters is 2. The minimum absolute atomic E-state index is 0.0906. The SMILES string of the molecule is COC(=O)CCC(=O)Oc1ccc(-c2nc(-c3ccc(C)cc3C)nc(-c3ccc(C)cc3C)n2)c(O)c1. The zero-order chi connectivity index (χ0) is 27.4. The van der Waals surface area contributed by atoms with Crippen LogP contribution in [0, 0.1) is 27.7 Å². The number of ether oxygens (including phenoxy) is 2. The number of hydrogen-bond donors (Lipinski definition) is 1. The molecule has 0 spiro atoms. The van der Waals surface area contributed by atoms with Crippen molar-refractivity contribution in [2.45, 2.75) is 40.5 Å². The van der Waals surface area contributed by atoms with Crippen molar-refractivity contribution in [1.29, 1.82) is 0 Å². The van der Waals surface area contributed by atoms with Crippen molar-refractivity contribution < 1.29 is 24.2 Å². The molecule has 8 heteroatoms. The van der Waals surface area contributed by atoms with Crippen LogP contribution in [-0.2, 0) is 14.3 Å². The monoisotopic (exact) mass is 511 g/mol. The van der Waals surface area contributed by atoms with E-state index < -0.39 is 11.9 Å². The summed E-state index contributed by atoms with van der Waals surface area (Å²) in [5.41, 5.74) is 6.38. The molecule has 0 saturated carbocycles. The molecular weight excluding hydrogens is 482 g/mol. The van der Waals surface area contributed by atoms with Gasteiger partial charge in [0.15, 0.2) is 17.5 Å². The molecule has 1 aromatic heterocycles. The van der Waals surface area contributed by atoms with Crippen molar-refractivity contribution in [1.82, 2.24) is 15.0 Å². The van der Waals surface area contributed by atoms with E-state index in [1.54, 1.807) is 12.1 Å². The van der Waals surface area contributed by atoms with Gasteiger partial charge in [-0.3, -0.25) is 9.59 Å². The van der Waals surface area contributed by atoms with Crippen LogP contribution in [-0.4, -0.2) is 39.1 Å². The Balaban J connectivity index is 1.75. The van der Waals surface area contributed by atoms with Gasteiger partial charge in [0.05, 0.1) is 25.5 Å². The first-order valence-corrected chi connectivity index (χ1v) is 12.2. The third-order valence-electron chi connectivity index (χ3n) is 6.08. The highest BCUT2D eigenvalue weighted by Gasteiger charge is 2.18. The highest BCUT2D eigenvalue weighted by molar-refractivity contribution is 5.79. The van der Waals surface area contributed by atoms with Crippen LogP contribution >= 0.6 is 0 Å². The second-order valence-corrected chi connectivity index (χ2v) is 9.17. The first kappa shape index (κ1) is 26.5. The van der Waals surface area contributed by atoms with Gasteiger partial charge in [-0.1, -0.05) is 47.5 Å². The normalized spacial score (nSPS) is 10.8. The Hall–Kier alpha value is -4.59. The Bertz CT molecular complexity index is 1460. The maximum atomic E-state index is 12.1. The van der Waals surface area contributed by atoms with E-state index in [2.05, 4.69) is 16.9 Å². The largest absolute Gasteiger partial charge is 0.507 e. The zero-order valence-corrected chi connectivity index (χ0v) is 22.0. The molecule has 4 aromatic rings. The minimum atomic E-state index is -0.614. The molecule has 1 N–H and O–H groups in total. The topological polar surface area (TPSA) is 112 Å². The average molecular weight is 512 g/mol. The van der Waals surface area contributed by atoms with Crippen molar-refractivity contribution in [2.24, 2.45) is 0 Å². The number of phenolic OH excluding ortho intramolecular Hbond substituents is 1. The summed E-state index contributed by atoms with van der Waals surface area (Å²) in [5.74, 6) is 0.115. The molecule has 0 aliphatic carbocycles. The lowest BCUT2D eigenvalue weighted by atomic mass is 10.0. The first-order chi connectivity index (χ1) is 18.1. The summed E-state index contributed by atoms with van der Waals surface area (Å²) >= 11 is 0. The molecule has 0 radical (unpaired) electrons. The van der Waals surface area contributed by atoms with Gasteiger partial charge < -0.3 is 14.6 Å². The Kier molecular flexibility index (Phi) is 7.81. The molecule has 8 nitrogen and oxygen atoms in total. The zero-order valence-electron chi connectivity index (χ0n) is 22.0. The standard InChI is InChI=1S/C30H29N3O5/c1-17-6-9-22(19(3)14-17)28-31-29(23-10-7-18(2)15-20(23)4)33-30(32-28)24-11-8-21(16-25(24)34)38-27(36)13-12-26(35)37-5/h6-11,14-16,34H,12-13H2,1-5H3. The summed E-state index contributed by atoms with van der Waals surface area (Å²) in [6.07, 6.45) is -0.228. The van der Waals surface area contributed by atoms with E-state index in [-0.39, 0.29) is 30.2 Å². The number of phenols is 1. The van der Waals surface area contributed by atoms with Crippen LogP contribution in [0.4, 0.5) is 0 Å². The van der Waals surface area contributed by atoms with Crippen molar-refractivity contribution >= 4 is 11.9 Å². The van der Waals surface area contributed by atoms with Gasteiger partial charge in [-0.2, -0.15) is 0 Å². The molecule has 0 bridgehead atoms. The van der Waals surface area contributed by atoms with Gasteiger partial charge in [0.1, 0.15) is 11.5 Å². The Morgan fingerprint density at radius 2 is 1.16 bits per heavy atom. The average Bonchev–Trinajstić information content (AvgIpc) is 2.87. The Labute approximate surface area is 221 Å². The van der Waals surface area contributed by atoms with Crippen LogP contribution in [0.25, 0.3) is 34.2 Å². The predicted molar refractivity (Wildman–Crippen MR) is 144 cm³/mol. The van der Waals surface area contributed by atoms with E-state index in [1.807, 2.05) is 52.0 Å². The smallest absolute Gasteiger partial charge is 0.311 e. The van der Waals surface area contributed by atoms with E-state index >= 15 is 0 Å². The molecule has 0 fully saturated rings. The number of carbonyl (C=O) groups is 2. The van der Waals surface area contributed by atoms with E-state index in [9.17, 15) is 14.7 Å². The third-order valence-corrected chi connectivity index (χ3v) is 6.08. The highest BCUT2D eigenvalue weighted by atomic mass is 16.5. The van der Waals surface area contributed by atoms with Gasteiger partial charge in [0, 0.05) is 17.2 Å². The van der Waals surface area contributed by atoms with Crippen LogP contribution in [0.3, 0.4) is 0 Å². The quantitative estimate of drug-likeness (QED) is 0.250. The van der Waals surface area contributed by atoms with Gasteiger partial charge in [0.25, 0.3) is 0 Å². The summed E-state index contributed by atoms with van der Waals surface area (Å²) in [4.78, 5) is 37.5. The second-order valence-electron chi connectivity index (χ2n) is 9.17. The number of aromatic nitrogens is 3. The molecule has 3 aromatic carbocycles. The summed E-state index contributed by atoms with van der Waals surface area (Å²) in [6, 6.07) is 16.6. The summed E-state index contributed by atoms with van der Waals surface area (Å²) < 4.78 is 9.80. The first-order valence-electron chi connectivity index (χ1n) is 12.2. The molecular formula is C30H29N3O5. The van der Waals surface area contributed by atoms with Gasteiger partial charge in [-0.25, -0.2) is 15.0 Å². The molecule has 4 rings (SSSR count). The number of methoxy groups -OCH3 is 1. The molecule has 0 saturated heterocycles. The van der Waals surface area contributed by atoms with Crippen LogP contribution < -0.4 is 4.74 Å². The lowest BCUT2D eigenvalue weighted by Gasteiger charge is -2.13. The molecule has 0 aliphatic heterocycles. The predicted octanol–water partition coefficient (Wildman–Crippen LogP) is 5.67. The number of aryl methyl sites for hydroxylation is 4. The number of hydrogen-bond acceptors (Lipinski definition) is 8. The lowest BCUT2D eigenvalue weighted by Crippen LogP contribution is -2.11. The van der Waals surface area contributed by atoms with E-state index in [0.717, 1.165) is 33.4 Å². The molecule has 0 aliphatic rings. The van der Waals surface area contributed by atoms with Gasteiger partial charge in [-0.05, 0) is 51.0 Å². The van der Waals surface area contributed by atoms with Crippen molar-refractivity contribution in [3.05, 3.63) is 76.9 Å². The Morgan fingerprint density at radius 3 is 1.63 bits per heavy atom. The molecule has 1 heterocycles. The van der Waals surface area contributed by atoms with Gasteiger partial charge in [0.2, 0.25) is 0 Å². The van der Waals surface area contributed by atoms with Crippen molar-refractivity contribution in [3.63, 3.8) is 0 Å². The molecule has 38 heavy (non-hydrogen) atoms. The third kappa shape index (κ3) is 6.03. The fourth-order valence-corrected chi connectivity index (χ4v) is 4.12. The lowest BCUT2D eigenvalue weighted by molar-refractivity contribution is -0.144. The molecule has 194 valence electrons. The highest BCUT2D eigenvalue weighted by Crippen LogP contribution is 2.34. The number of rotatable bonds is 7. The number of aromatic hydroxyl groups is 1. The number of nitrogens with zero attached hydrogens (tertiary/aromatic N) is 3. The number of benzene rings is 3. The molecule has 0 atom stereocenters. The Morgan fingerprint density at radius 1 is 0.684 bits per heavy atom. The van der Waals surface area contributed by atoms with Crippen LogP contribution in [0.5, 0.6) is 11.5 Å². The van der Waals surface area contributed by atoms with Crippen molar-refractivity contribution in [2.75, 3.05) is 7.11 Å². The molecule has 0 unspecified atom stereocenters. The minimum Gasteiger partial charge on any atom is -0.507 e. The van der Waals surface area contributed by atoms with E-state index in [0.29, 0.717) is 17.2 Å². The summed E-state index contributed by atoms with van der Waals surface area (Å²) in [7, 11) is 1.25. The summed E-state index contributed by atoms with van der Waals surface area (Å²) in [5, 5.41) is 10.9. The summed E-state index contributed by atoms with van der Waals surface area (Å²) in [6.45, 7) is 8.06.